The van der Waals surface area contributed by atoms with E-state index in [0.29, 0.717) is 44.3 Å². The summed E-state index contributed by atoms with van der Waals surface area (Å²) in [6, 6.07) is 28.3. The number of aliphatic hydroxyl groups excluding tert-OH is 1. The molecule has 1 aliphatic heterocycles. The summed E-state index contributed by atoms with van der Waals surface area (Å²) in [6.45, 7) is 2.41. The molecular weight excluding hydrogens is 642 g/mol. The van der Waals surface area contributed by atoms with Crippen LogP contribution in [0.1, 0.15) is 33.9 Å². The maximum Gasteiger partial charge on any atom is 0.301 e. The zero-order chi connectivity index (χ0) is 32.2. The Morgan fingerprint density at radius 2 is 1.67 bits per heavy atom. The normalized spacial score (nSPS) is 15.7. The number of methoxy groups -OCH3 is 1. The predicted molar refractivity (Wildman–Crippen MR) is 181 cm³/mol. The molecule has 8 nitrogen and oxygen atoms in total. The van der Waals surface area contributed by atoms with Crippen LogP contribution >= 0.6 is 34.7 Å². The molecule has 0 bridgehead atoms. The van der Waals surface area contributed by atoms with Crippen LogP contribution in [0, 0.1) is 6.92 Å². The van der Waals surface area contributed by atoms with Crippen molar-refractivity contribution in [3.8, 4) is 11.5 Å². The number of halogens is 1. The Kier molecular flexibility index (Phi) is 9.39. The van der Waals surface area contributed by atoms with Crippen molar-refractivity contribution in [2.45, 2.75) is 29.7 Å². The summed E-state index contributed by atoms with van der Waals surface area (Å²) < 4.78 is 12.0. The molecule has 1 N–H and O–H groups in total. The largest absolute Gasteiger partial charge is 0.507 e. The second kappa shape index (κ2) is 13.8. The van der Waals surface area contributed by atoms with Crippen LogP contribution in [0.3, 0.4) is 0 Å². The molecule has 1 aliphatic rings. The number of Topliss-reactive ketones (excluding diaryl/α,β-unsaturated/α-hetero) is 1. The summed E-state index contributed by atoms with van der Waals surface area (Å²) in [5.74, 6) is -0.266. The van der Waals surface area contributed by atoms with Gasteiger partial charge in [-0.15, -0.1) is 10.2 Å². The fraction of sp³-hybridized carbons (Fsp3) is 0.143. The van der Waals surface area contributed by atoms with Crippen molar-refractivity contribution in [2.75, 3.05) is 12.0 Å². The third kappa shape index (κ3) is 6.50. The Bertz CT molecular complexity index is 1940. The number of ketones is 1. The van der Waals surface area contributed by atoms with Gasteiger partial charge in [0.15, 0.2) is 4.34 Å². The molecule has 1 saturated heterocycles. The second-order valence-electron chi connectivity index (χ2n) is 10.4. The van der Waals surface area contributed by atoms with Crippen LogP contribution in [0.25, 0.3) is 5.76 Å². The molecule has 232 valence electrons. The van der Waals surface area contributed by atoms with Crippen molar-refractivity contribution >= 4 is 57.3 Å². The van der Waals surface area contributed by atoms with E-state index in [0.717, 1.165) is 16.7 Å². The highest BCUT2D eigenvalue weighted by Crippen LogP contribution is 2.44. The first-order valence-corrected chi connectivity index (χ1v) is 16.4. The molecule has 5 aromatic rings. The van der Waals surface area contributed by atoms with Gasteiger partial charge in [-0.3, -0.25) is 14.5 Å². The van der Waals surface area contributed by atoms with Crippen LogP contribution in [0.4, 0.5) is 5.13 Å². The van der Waals surface area contributed by atoms with Crippen LogP contribution in [-0.2, 0) is 21.9 Å². The molecule has 11 heteroatoms. The molecule has 2 heterocycles. The molecule has 0 saturated carbocycles. The standard InChI is InChI=1S/C35H28ClN3O5S2/c1-21-8-3-4-9-24(21)19-44-26-16-14-22(15-17-26)31(40)29-30(23-11-7-12-27(18-23)43-2)39(33(42)32(29)41)34-37-38-35(46-34)45-20-25-10-5-6-13-28(25)36/h3-18,30,40H,19-20H2,1-2H3/b31-29+. The van der Waals surface area contributed by atoms with Crippen molar-refractivity contribution in [3.05, 3.63) is 135 Å². The van der Waals surface area contributed by atoms with Gasteiger partial charge in [-0.2, -0.15) is 0 Å². The molecule has 4 aromatic carbocycles. The number of ether oxygens (including phenoxy) is 2. The molecule has 0 spiro atoms. The quantitative estimate of drug-likeness (QED) is 0.0525. The van der Waals surface area contributed by atoms with E-state index in [1.54, 1.807) is 48.5 Å². The first kappa shape index (κ1) is 31.3. The number of aryl methyl sites for hydroxylation is 1. The van der Waals surface area contributed by atoms with E-state index in [1.807, 2.05) is 55.5 Å². The molecule has 1 aromatic heterocycles. The highest BCUT2D eigenvalue weighted by molar-refractivity contribution is 8.00. The van der Waals surface area contributed by atoms with Crippen molar-refractivity contribution in [3.63, 3.8) is 0 Å². The van der Waals surface area contributed by atoms with Crippen LogP contribution < -0.4 is 14.4 Å². The fourth-order valence-electron chi connectivity index (χ4n) is 5.07. The lowest BCUT2D eigenvalue weighted by atomic mass is 9.95. The van der Waals surface area contributed by atoms with Gasteiger partial charge >= 0.3 is 5.91 Å². The molecule has 1 fully saturated rings. The van der Waals surface area contributed by atoms with Crippen molar-refractivity contribution in [1.82, 2.24) is 10.2 Å². The number of hydrogen-bond acceptors (Lipinski definition) is 9. The topological polar surface area (TPSA) is 102 Å². The monoisotopic (exact) mass is 669 g/mol. The fourth-order valence-corrected chi connectivity index (χ4v) is 7.22. The SMILES string of the molecule is COc1cccc(C2/C(=C(\O)c3ccc(OCc4ccccc4C)cc3)C(=O)C(=O)N2c2nnc(SCc3ccccc3Cl)s2)c1. The Morgan fingerprint density at radius 3 is 2.41 bits per heavy atom. The number of aromatic nitrogens is 2. The number of amides is 1. The minimum atomic E-state index is -0.971. The van der Waals surface area contributed by atoms with Crippen LogP contribution in [0.2, 0.25) is 5.02 Å². The summed E-state index contributed by atoms with van der Waals surface area (Å²) in [4.78, 5) is 28.5. The van der Waals surface area contributed by atoms with Crippen molar-refractivity contribution in [1.29, 1.82) is 0 Å². The number of aliphatic hydroxyl groups is 1. The molecule has 1 amide bonds. The highest BCUT2D eigenvalue weighted by Gasteiger charge is 2.48. The van der Waals surface area contributed by atoms with Gasteiger partial charge in [0, 0.05) is 16.3 Å². The number of carbonyl (C=O) groups is 2. The smallest absolute Gasteiger partial charge is 0.301 e. The lowest BCUT2D eigenvalue weighted by Gasteiger charge is -2.23. The number of benzene rings is 4. The molecule has 6 rings (SSSR count). The molecule has 0 radical (unpaired) electrons. The van der Waals surface area contributed by atoms with Gasteiger partial charge in [0.25, 0.3) is 5.78 Å². The molecule has 1 atom stereocenters. The Hall–Kier alpha value is -4.64. The number of rotatable bonds is 10. The average molecular weight is 670 g/mol. The number of anilines is 1. The van der Waals surface area contributed by atoms with Crippen molar-refractivity contribution in [2.24, 2.45) is 0 Å². The summed E-state index contributed by atoms with van der Waals surface area (Å²) in [7, 11) is 1.53. The lowest BCUT2D eigenvalue weighted by Crippen LogP contribution is -2.29. The van der Waals surface area contributed by atoms with Crippen LogP contribution in [-0.4, -0.2) is 34.1 Å². The van der Waals surface area contributed by atoms with Gasteiger partial charge in [0.2, 0.25) is 5.13 Å². The van der Waals surface area contributed by atoms with Gasteiger partial charge in [-0.1, -0.05) is 89.3 Å². The van der Waals surface area contributed by atoms with E-state index in [4.69, 9.17) is 21.1 Å². The van der Waals surface area contributed by atoms with E-state index in [1.165, 1.54) is 35.1 Å². The first-order valence-electron chi connectivity index (χ1n) is 14.3. The Labute approximate surface area is 279 Å². The van der Waals surface area contributed by atoms with Crippen LogP contribution in [0.5, 0.6) is 11.5 Å². The Balaban J connectivity index is 1.32. The molecule has 1 unspecified atom stereocenters. The van der Waals surface area contributed by atoms with E-state index >= 15 is 0 Å². The maximum absolute atomic E-state index is 13.6. The number of hydrogen-bond donors (Lipinski definition) is 1. The first-order chi connectivity index (χ1) is 22.3. The highest BCUT2D eigenvalue weighted by atomic mass is 35.5. The van der Waals surface area contributed by atoms with Gasteiger partial charge in [0.1, 0.15) is 23.9 Å². The van der Waals surface area contributed by atoms with Gasteiger partial charge in [0.05, 0.1) is 18.7 Å². The van der Waals surface area contributed by atoms with E-state index in [2.05, 4.69) is 10.2 Å². The van der Waals surface area contributed by atoms with Crippen LogP contribution in [0.15, 0.2) is 107 Å². The van der Waals surface area contributed by atoms with Gasteiger partial charge < -0.3 is 14.6 Å². The summed E-state index contributed by atoms with van der Waals surface area (Å²) in [5.41, 5.74) is 4.00. The zero-order valence-corrected chi connectivity index (χ0v) is 27.2. The minimum Gasteiger partial charge on any atom is -0.507 e. The molecule has 46 heavy (non-hydrogen) atoms. The lowest BCUT2D eigenvalue weighted by molar-refractivity contribution is -0.132. The third-order valence-electron chi connectivity index (χ3n) is 7.55. The zero-order valence-electron chi connectivity index (χ0n) is 24.8. The molecular formula is C35H28ClN3O5S2. The van der Waals surface area contributed by atoms with E-state index < -0.39 is 17.7 Å². The predicted octanol–water partition coefficient (Wildman–Crippen LogP) is 8.01. The summed E-state index contributed by atoms with van der Waals surface area (Å²) >= 11 is 8.92. The summed E-state index contributed by atoms with van der Waals surface area (Å²) in [5, 5.41) is 21.0. The van der Waals surface area contributed by atoms with Gasteiger partial charge in [-0.05, 0) is 71.6 Å². The molecule has 0 aliphatic carbocycles. The minimum absolute atomic E-state index is 0.0627. The number of thioether (sulfide) groups is 1. The third-order valence-corrected chi connectivity index (χ3v) is 10.0. The van der Waals surface area contributed by atoms with E-state index in [9.17, 15) is 14.7 Å². The Morgan fingerprint density at radius 1 is 0.935 bits per heavy atom. The number of nitrogens with zero attached hydrogens (tertiary/aromatic N) is 3. The average Bonchev–Trinajstić information content (AvgIpc) is 3.65. The maximum atomic E-state index is 13.6. The second-order valence-corrected chi connectivity index (χ2v) is 13.0. The van der Waals surface area contributed by atoms with E-state index in [-0.39, 0.29) is 16.5 Å². The van der Waals surface area contributed by atoms with Gasteiger partial charge in [-0.25, -0.2) is 0 Å². The summed E-state index contributed by atoms with van der Waals surface area (Å²) in [6.07, 6.45) is 0. The van der Waals surface area contributed by atoms with Crippen molar-refractivity contribution < 1.29 is 24.2 Å². The number of carbonyl (C=O) groups excluding carboxylic acids is 2.